The van der Waals surface area contributed by atoms with Crippen molar-refractivity contribution < 1.29 is 33.4 Å². The minimum Gasteiger partial charge on any atom is -0.469 e. The van der Waals surface area contributed by atoms with Gasteiger partial charge >= 0.3 is 17.9 Å². The molecule has 5 heterocycles. The second kappa shape index (κ2) is 13.9. The van der Waals surface area contributed by atoms with Crippen molar-refractivity contribution in [2.75, 3.05) is 27.9 Å². The van der Waals surface area contributed by atoms with Crippen LogP contribution < -0.4 is 5.32 Å². The zero-order valence-corrected chi connectivity index (χ0v) is 31.2. The molecular weight excluding hydrogens is 662 g/mol. The number of rotatable bonds is 9. The van der Waals surface area contributed by atoms with Crippen molar-refractivity contribution in [1.82, 2.24) is 25.3 Å². The van der Waals surface area contributed by atoms with Gasteiger partial charge in [-0.1, -0.05) is 13.8 Å². The molecule has 2 aliphatic heterocycles. The van der Waals surface area contributed by atoms with Gasteiger partial charge in [-0.15, -0.1) is 0 Å². The van der Waals surface area contributed by atoms with E-state index in [1.165, 1.54) is 28.3 Å². The van der Waals surface area contributed by atoms with Crippen molar-refractivity contribution in [2.24, 2.45) is 0 Å². The number of hydrogen-bond acceptors (Lipinski definition) is 9. The Labute approximate surface area is 302 Å². The third-order valence-electron chi connectivity index (χ3n) is 11.0. The maximum atomic E-state index is 13.7. The van der Waals surface area contributed by atoms with Crippen LogP contribution in [-0.2, 0) is 51.6 Å². The zero-order valence-electron chi connectivity index (χ0n) is 31.2. The van der Waals surface area contributed by atoms with Crippen LogP contribution in [0.15, 0.2) is 23.8 Å². The molecule has 1 amide bonds. The minimum atomic E-state index is -1.09. The Morgan fingerprint density at radius 2 is 1.52 bits per heavy atom. The first-order chi connectivity index (χ1) is 24.8. The fourth-order valence-electron chi connectivity index (χ4n) is 8.06. The maximum Gasteiger partial charge on any atom is 0.340 e. The number of aryl methyl sites for hydroxylation is 3. The predicted octanol–water partition coefficient (Wildman–Crippen LogP) is 5.84. The summed E-state index contributed by atoms with van der Waals surface area (Å²) in [7, 11) is 3.97. The molecule has 272 valence electrons. The van der Waals surface area contributed by atoms with E-state index in [-0.39, 0.29) is 24.3 Å². The molecule has 2 atom stereocenters. The van der Waals surface area contributed by atoms with Gasteiger partial charge in [0.1, 0.15) is 0 Å². The molecule has 8 bridgehead atoms. The second-order valence-electron chi connectivity index (χ2n) is 13.6. The molecule has 0 fully saturated rings. The van der Waals surface area contributed by atoms with E-state index >= 15 is 0 Å². The maximum absolute atomic E-state index is 13.7. The Hall–Kier alpha value is -5.52. The summed E-state index contributed by atoms with van der Waals surface area (Å²) in [5.74, 6) is -2.08. The van der Waals surface area contributed by atoms with Gasteiger partial charge in [-0.25, -0.2) is 14.6 Å². The molecule has 0 spiro atoms. The highest BCUT2D eigenvalue weighted by molar-refractivity contribution is 6.26. The smallest absolute Gasteiger partial charge is 0.340 e. The lowest BCUT2D eigenvalue weighted by atomic mass is 9.68. The number of amides is 1. The normalized spacial score (nSPS) is 17.6. The molecule has 0 saturated carbocycles. The average molecular weight is 708 g/mol. The number of allylic oxidation sites excluding steroid dienone is 1. The van der Waals surface area contributed by atoms with E-state index in [2.05, 4.69) is 35.2 Å². The van der Waals surface area contributed by atoms with E-state index in [9.17, 15) is 19.2 Å². The third-order valence-corrected chi connectivity index (χ3v) is 11.0. The molecule has 0 aromatic carbocycles. The van der Waals surface area contributed by atoms with E-state index in [0.29, 0.717) is 52.5 Å². The number of hydrogen-bond donors (Lipinski definition) is 3. The highest BCUT2D eigenvalue weighted by atomic mass is 16.5. The molecule has 3 aromatic rings. The number of methoxy groups -OCH3 is 3. The zero-order chi connectivity index (χ0) is 37.6. The third kappa shape index (κ3) is 5.79. The average Bonchev–Trinajstić information content (AvgIpc) is 3.87. The number of ether oxygens (including phenoxy) is 3. The Bertz CT molecular complexity index is 2270. The van der Waals surface area contributed by atoms with Crippen molar-refractivity contribution in [3.63, 3.8) is 0 Å². The van der Waals surface area contributed by atoms with Gasteiger partial charge in [0.2, 0.25) is 5.91 Å². The Morgan fingerprint density at radius 1 is 0.865 bits per heavy atom. The number of nitrogens with zero attached hydrogens (tertiary/aromatic N) is 2. The molecule has 52 heavy (non-hydrogen) atoms. The topological polar surface area (TPSA) is 165 Å². The molecule has 3 N–H and O–H groups in total. The first-order valence-electron chi connectivity index (χ1n) is 17.5. The number of carbonyl (C=O) groups excluding carboxylic acids is 4. The lowest BCUT2D eigenvalue weighted by Crippen LogP contribution is -2.34. The van der Waals surface area contributed by atoms with Gasteiger partial charge in [0, 0.05) is 59.1 Å². The summed E-state index contributed by atoms with van der Waals surface area (Å²) in [5, 5.41) is 2.92. The number of aromatic nitrogens is 4. The molecule has 12 nitrogen and oxygen atoms in total. The first-order valence-corrected chi connectivity index (χ1v) is 17.5. The number of H-pyrrole nitrogens is 2. The molecule has 0 radical (unpaired) electrons. The summed E-state index contributed by atoms with van der Waals surface area (Å²) < 4.78 is 15.7. The summed E-state index contributed by atoms with van der Waals surface area (Å²) >= 11 is 0. The fraction of sp³-hybridized carbons (Fsp3) is 0.400. The van der Waals surface area contributed by atoms with Crippen LogP contribution in [0.4, 0.5) is 0 Å². The number of fused-ring (bicyclic) bond motifs is 8. The predicted molar refractivity (Wildman–Crippen MR) is 198 cm³/mol. The SMILES string of the molecule is CCc1c(C)c2cc3[nH]c(cc4nc5c(c6nc(cc1[nH]2)C(C)=C6C(=O)OC)C=C(C(=O)OC)[C@]5(CCC(=O)OC)[C@@H]4C)c(C)c3CCNC(C)=O. The minimum absolute atomic E-state index is 0.00707. The molecule has 3 aromatic heterocycles. The van der Waals surface area contributed by atoms with E-state index in [0.717, 1.165) is 50.7 Å². The van der Waals surface area contributed by atoms with E-state index in [1.54, 1.807) is 6.08 Å². The summed E-state index contributed by atoms with van der Waals surface area (Å²) in [4.78, 5) is 69.3. The molecule has 0 unspecified atom stereocenters. The van der Waals surface area contributed by atoms with Crippen LogP contribution in [0.5, 0.6) is 0 Å². The van der Waals surface area contributed by atoms with Gasteiger partial charge < -0.3 is 29.5 Å². The summed E-state index contributed by atoms with van der Waals surface area (Å²) in [6.45, 7) is 12.0. The number of nitrogens with one attached hydrogen (secondary N) is 3. The highest BCUT2D eigenvalue weighted by Crippen LogP contribution is 2.57. The lowest BCUT2D eigenvalue weighted by molar-refractivity contribution is -0.142. The first kappa shape index (κ1) is 36.3. The Balaban J connectivity index is 1.80. The van der Waals surface area contributed by atoms with Crippen molar-refractivity contribution in [2.45, 2.75) is 78.6 Å². The standard InChI is InChI=1S/C40H45N5O7/c1-10-24-19(2)29-17-33-25(12-14-41-23(6)46)20(3)28(43-33)16-31-22(5)40(13-11-34(47)50-7)27(38(48)51-8)15-26(37(40)45-31)36-35(39(49)52-9)21(4)30(44-36)18-32(24)42-29/h15-18,22,42-43H,10-14H2,1-9H3,(H,41,46)/t22-,40+/m1/s1. The van der Waals surface area contributed by atoms with Crippen LogP contribution in [0.3, 0.4) is 0 Å². The molecular formula is C40H45N5O7. The van der Waals surface area contributed by atoms with E-state index in [4.69, 9.17) is 24.2 Å². The second-order valence-corrected chi connectivity index (χ2v) is 13.6. The fourth-order valence-corrected chi connectivity index (χ4v) is 8.06. The quantitative estimate of drug-likeness (QED) is 0.183. The summed E-state index contributed by atoms with van der Waals surface area (Å²) in [6, 6.07) is 6.02. The van der Waals surface area contributed by atoms with Gasteiger partial charge in [0.25, 0.3) is 0 Å². The van der Waals surface area contributed by atoms with Gasteiger partial charge in [0.05, 0.1) is 55.0 Å². The van der Waals surface area contributed by atoms with Gasteiger partial charge in [-0.2, -0.15) is 0 Å². The van der Waals surface area contributed by atoms with Gasteiger partial charge in [-0.05, 0) is 92.1 Å². The molecule has 1 aliphatic carbocycles. The van der Waals surface area contributed by atoms with Crippen LogP contribution in [0.1, 0.15) is 97.0 Å². The van der Waals surface area contributed by atoms with Crippen LogP contribution in [0.2, 0.25) is 0 Å². The van der Waals surface area contributed by atoms with Crippen molar-refractivity contribution in [1.29, 1.82) is 0 Å². The monoisotopic (exact) mass is 707 g/mol. The van der Waals surface area contributed by atoms with Crippen LogP contribution >= 0.6 is 0 Å². The Kier molecular flexibility index (Phi) is 9.69. The van der Waals surface area contributed by atoms with Crippen LogP contribution in [0.25, 0.3) is 39.3 Å². The Morgan fingerprint density at radius 3 is 2.15 bits per heavy atom. The molecule has 0 saturated heterocycles. The summed E-state index contributed by atoms with van der Waals surface area (Å²) in [6.07, 6.45) is 3.24. The molecule has 12 heteroatoms. The summed E-state index contributed by atoms with van der Waals surface area (Å²) in [5.41, 5.74) is 10.4. The van der Waals surface area contributed by atoms with Gasteiger partial charge in [-0.3, -0.25) is 14.6 Å². The number of aromatic amines is 2. The number of esters is 3. The van der Waals surface area contributed by atoms with Crippen molar-refractivity contribution in [3.8, 4) is 0 Å². The lowest BCUT2D eigenvalue weighted by Gasteiger charge is -2.32. The van der Waals surface area contributed by atoms with Crippen LogP contribution in [0, 0.1) is 13.8 Å². The van der Waals surface area contributed by atoms with Crippen LogP contribution in [-0.4, -0.2) is 71.6 Å². The van der Waals surface area contributed by atoms with Gasteiger partial charge in [0.15, 0.2) is 0 Å². The number of carbonyl (C=O) groups is 4. The van der Waals surface area contributed by atoms with E-state index < -0.39 is 29.2 Å². The molecule has 3 aliphatic rings. The van der Waals surface area contributed by atoms with Crippen molar-refractivity contribution in [3.05, 3.63) is 74.4 Å². The highest BCUT2D eigenvalue weighted by Gasteiger charge is 2.55. The largest absolute Gasteiger partial charge is 0.469 e. The van der Waals surface area contributed by atoms with E-state index in [1.807, 2.05) is 32.9 Å². The van der Waals surface area contributed by atoms with Crippen molar-refractivity contribution >= 4 is 63.1 Å². The molecule has 6 rings (SSSR count).